The highest BCUT2D eigenvalue weighted by Crippen LogP contribution is 2.28. The van der Waals surface area contributed by atoms with E-state index in [-0.39, 0.29) is 21.7 Å². The van der Waals surface area contributed by atoms with Crippen molar-refractivity contribution in [3.8, 4) is 0 Å². The van der Waals surface area contributed by atoms with Gasteiger partial charge in [0.05, 0.1) is 30.6 Å². The highest BCUT2D eigenvalue weighted by molar-refractivity contribution is 6.41. The molecule has 1 aliphatic carbocycles. The van der Waals surface area contributed by atoms with Gasteiger partial charge in [0.2, 0.25) is 0 Å². The predicted octanol–water partition coefficient (Wildman–Crippen LogP) is 2.15. The van der Waals surface area contributed by atoms with Crippen LogP contribution in [-0.2, 0) is 11.4 Å². The fourth-order valence-electron chi connectivity index (χ4n) is 3.07. The fraction of sp³-hybridized carbons (Fsp3) is 0.692. The summed E-state index contributed by atoms with van der Waals surface area (Å²) in [7, 11) is 0. The summed E-state index contributed by atoms with van der Waals surface area (Å²) in [5.74, 6) is 0. The van der Waals surface area contributed by atoms with E-state index < -0.39 is 0 Å². The van der Waals surface area contributed by atoms with Crippen LogP contribution in [0.4, 0.5) is 0 Å². The molecule has 0 radical (unpaired) electrons. The average Bonchev–Trinajstić information content (AvgIpc) is 2.48. The van der Waals surface area contributed by atoms with E-state index in [4.69, 9.17) is 27.9 Å². The minimum atomic E-state index is -0.335. The minimum Gasteiger partial charge on any atom is -0.375 e. The van der Waals surface area contributed by atoms with Crippen molar-refractivity contribution in [2.24, 2.45) is 0 Å². The third-order valence-corrected chi connectivity index (χ3v) is 4.85. The molecule has 2 fully saturated rings. The van der Waals surface area contributed by atoms with Gasteiger partial charge in [0.25, 0.3) is 5.56 Å². The SMILES string of the molecule is O=c1c(Cl)c(Cl)cnn1CN1CCO[C@@H]2CCCC[C@@H]21. The van der Waals surface area contributed by atoms with E-state index in [1.807, 2.05) is 0 Å². The quantitative estimate of drug-likeness (QED) is 0.838. The first kappa shape index (κ1) is 14.3. The molecule has 1 aliphatic heterocycles. The van der Waals surface area contributed by atoms with Gasteiger partial charge >= 0.3 is 0 Å². The van der Waals surface area contributed by atoms with Gasteiger partial charge in [-0.3, -0.25) is 9.69 Å². The smallest absolute Gasteiger partial charge is 0.288 e. The number of morpholine rings is 1. The van der Waals surface area contributed by atoms with Gasteiger partial charge < -0.3 is 4.74 Å². The van der Waals surface area contributed by atoms with Gasteiger partial charge in [-0.2, -0.15) is 5.10 Å². The number of nitrogens with zero attached hydrogens (tertiary/aromatic N) is 3. The Morgan fingerprint density at radius 1 is 1.35 bits per heavy atom. The fourth-order valence-corrected chi connectivity index (χ4v) is 3.34. The van der Waals surface area contributed by atoms with Crippen molar-refractivity contribution in [2.75, 3.05) is 13.2 Å². The van der Waals surface area contributed by atoms with Crippen LogP contribution < -0.4 is 5.56 Å². The molecule has 2 heterocycles. The van der Waals surface area contributed by atoms with Crippen molar-refractivity contribution in [3.63, 3.8) is 0 Å². The number of ether oxygens (including phenoxy) is 1. The van der Waals surface area contributed by atoms with Gasteiger partial charge in [0.15, 0.2) is 0 Å². The topological polar surface area (TPSA) is 47.4 Å². The third kappa shape index (κ3) is 2.72. The Bertz CT molecular complexity index is 547. The number of aromatic nitrogens is 2. The zero-order valence-electron chi connectivity index (χ0n) is 11.1. The van der Waals surface area contributed by atoms with E-state index in [2.05, 4.69) is 10.00 Å². The van der Waals surface area contributed by atoms with Crippen molar-refractivity contribution in [1.29, 1.82) is 0 Å². The molecule has 1 saturated carbocycles. The predicted molar refractivity (Wildman–Crippen MR) is 77.2 cm³/mol. The van der Waals surface area contributed by atoms with Gasteiger partial charge in [0.1, 0.15) is 5.02 Å². The molecule has 1 saturated heterocycles. The maximum atomic E-state index is 12.0. The van der Waals surface area contributed by atoms with E-state index >= 15 is 0 Å². The zero-order chi connectivity index (χ0) is 14.1. The number of hydrogen-bond donors (Lipinski definition) is 0. The molecule has 20 heavy (non-hydrogen) atoms. The van der Waals surface area contributed by atoms with Crippen LogP contribution in [0.3, 0.4) is 0 Å². The molecule has 0 spiro atoms. The maximum absolute atomic E-state index is 12.0. The van der Waals surface area contributed by atoms with Crippen LogP contribution in [0, 0.1) is 0 Å². The molecule has 2 aliphatic rings. The van der Waals surface area contributed by atoms with Crippen molar-refractivity contribution >= 4 is 23.2 Å². The van der Waals surface area contributed by atoms with E-state index in [1.165, 1.54) is 23.7 Å². The molecule has 0 unspecified atom stereocenters. The van der Waals surface area contributed by atoms with Gasteiger partial charge in [-0.25, -0.2) is 4.68 Å². The van der Waals surface area contributed by atoms with Crippen molar-refractivity contribution in [2.45, 2.75) is 44.5 Å². The van der Waals surface area contributed by atoms with Crippen LogP contribution in [0.2, 0.25) is 10.0 Å². The van der Waals surface area contributed by atoms with Gasteiger partial charge in [-0.15, -0.1) is 0 Å². The van der Waals surface area contributed by atoms with Gasteiger partial charge in [0, 0.05) is 12.6 Å². The van der Waals surface area contributed by atoms with E-state index in [0.717, 1.165) is 19.4 Å². The molecule has 1 aromatic heterocycles. The average molecular weight is 318 g/mol. The Kier molecular flexibility index (Phi) is 4.31. The Labute approximate surface area is 127 Å². The van der Waals surface area contributed by atoms with Crippen molar-refractivity contribution in [1.82, 2.24) is 14.7 Å². The van der Waals surface area contributed by atoms with Gasteiger partial charge in [-0.05, 0) is 12.8 Å². The van der Waals surface area contributed by atoms with E-state index in [1.54, 1.807) is 0 Å². The molecule has 7 heteroatoms. The molecule has 1 aromatic rings. The summed E-state index contributed by atoms with van der Waals surface area (Å²) in [4.78, 5) is 14.3. The first-order valence-corrected chi connectivity index (χ1v) is 7.69. The largest absolute Gasteiger partial charge is 0.375 e. The lowest BCUT2D eigenvalue weighted by molar-refractivity contribution is -0.0996. The monoisotopic (exact) mass is 317 g/mol. The molecular formula is C13H17Cl2N3O2. The molecule has 5 nitrogen and oxygen atoms in total. The first-order chi connectivity index (χ1) is 9.66. The van der Waals surface area contributed by atoms with Crippen molar-refractivity contribution in [3.05, 3.63) is 26.6 Å². The first-order valence-electron chi connectivity index (χ1n) is 6.93. The lowest BCUT2D eigenvalue weighted by Crippen LogP contribution is -2.53. The summed E-state index contributed by atoms with van der Waals surface area (Å²) in [6.07, 6.45) is 6.36. The van der Waals surface area contributed by atoms with Gasteiger partial charge in [-0.1, -0.05) is 36.0 Å². The summed E-state index contributed by atoms with van der Waals surface area (Å²) in [6, 6.07) is 0.376. The van der Waals surface area contributed by atoms with Crippen LogP contribution in [0.15, 0.2) is 11.0 Å². The molecule has 0 aromatic carbocycles. The molecule has 0 bridgehead atoms. The Hall–Kier alpha value is -0.620. The number of halogens is 2. The van der Waals surface area contributed by atoms with Crippen LogP contribution in [0.25, 0.3) is 0 Å². The third-order valence-electron chi connectivity index (χ3n) is 4.11. The van der Waals surface area contributed by atoms with E-state index in [9.17, 15) is 4.79 Å². The second kappa shape index (κ2) is 6.02. The highest BCUT2D eigenvalue weighted by Gasteiger charge is 2.34. The minimum absolute atomic E-state index is 0.0371. The second-order valence-corrected chi connectivity index (χ2v) is 6.11. The number of fused-ring (bicyclic) bond motifs is 1. The molecule has 3 rings (SSSR count). The lowest BCUT2D eigenvalue weighted by atomic mass is 9.90. The van der Waals surface area contributed by atoms with Crippen LogP contribution in [-0.4, -0.2) is 40.0 Å². The molecular weight excluding hydrogens is 301 g/mol. The number of hydrogen-bond acceptors (Lipinski definition) is 4. The van der Waals surface area contributed by atoms with Crippen LogP contribution >= 0.6 is 23.2 Å². The summed E-state index contributed by atoms with van der Waals surface area (Å²) >= 11 is 11.7. The summed E-state index contributed by atoms with van der Waals surface area (Å²) in [6.45, 7) is 1.97. The van der Waals surface area contributed by atoms with E-state index in [0.29, 0.717) is 19.3 Å². The molecule has 0 amide bonds. The second-order valence-electron chi connectivity index (χ2n) is 5.33. The summed E-state index contributed by atoms with van der Waals surface area (Å²) < 4.78 is 7.21. The van der Waals surface area contributed by atoms with Crippen molar-refractivity contribution < 1.29 is 4.74 Å². The van der Waals surface area contributed by atoms with Crippen LogP contribution in [0.5, 0.6) is 0 Å². The number of rotatable bonds is 2. The Morgan fingerprint density at radius 2 is 2.15 bits per heavy atom. The lowest BCUT2D eigenvalue weighted by Gasteiger charge is -2.43. The normalized spacial score (nSPS) is 27.3. The highest BCUT2D eigenvalue weighted by atomic mass is 35.5. The summed E-state index contributed by atoms with van der Waals surface area (Å²) in [5.41, 5.74) is -0.335. The Balaban J connectivity index is 1.80. The van der Waals surface area contributed by atoms with Crippen LogP contribution in [0.1, 0.15) is 25.7 Å². The molecule has 2 atom stereocenters. The standard InChI is InChI=1S/C13H17Cl2N3O2/c14-9-7-16-18(13(19)12(9)15)8-17-5-6-20-11-4-2-1-3-10(11)17/h7,10-11H,1-6,8H2/t10-,11+/m0/s1. The Morgan fingerprint density at radius 3 is 3.00 bits per heavy atom. The molecule has 0 N–H and O–H groups in total. The summed E-state index contributed by atoms with van der Waals surface area (Å²) in [5, 5.41) is 4.31. The molecule has 110 valence electrons. The zero-order valence-corrected chi connectivity index (χ0v) is 12.6. The maximum Gasteiger partial charge on any atom is 0.288 e.